The van der Waals surface area contributed by atoms with E-state index in [1.807, 2.05) is 25.1 Å². The van der Waals surface area contributed by atoms with Gasteiger partial charge in [-0.25, -0.2) is 0 Å². The van der Waals surface area contributed by atoms with Crippen molar-refractivity contribution in [1.82, 2.24) is 0 Å². The fourth-order valence-electron chi connectivity index (χ4n) is 4.45. The third-order valence-electron chi connectivity index (χ3n) is 5.78. The zero-order chi connectivity index (χ0) is 20.5. The summed E-state index contributed by atoms with van der Waals surface area (Å²) in [5.41, 5.74) is 3.67. The Kier molecular flexibility index (Phi) is 5.41. The van der Waals surface area contributed by atoms with Crippen LogP contribution < -0.4 is 15.4 Å². The molecular formula is C23H25ClN2O3. The Hall–Kier alpha value is -2.66. The first kappa shape index (κ1) is 19.6. The van der Waals surface area contributed by atoms with Gasteiger partial charge in [0.15, 0.2) is 11.5 Å². The highest BCUT2D eigenvalue weighted by atomic mass is 35.5. The Bertz CT molecular complexity index is 973. The highest BCUT2D eigenvalue weighted by Gasteiger charge is 2.40. The zero-order valence-corrected chi connectivity index (χ0v) is 17.3. The highest BCUT2D eigenvalue weighted by molar-refractivity contribution is 6.33. The number of ether oxygens (including phenoxy) is 1. The van der Waals surface area contributed by atoms with Crippen LogP contribution in [0.1, 0.15) is 49.3 Å². The minimum atomic E-state index is -0.0154. The summed E-state index contributed by atoms with van der Waals surface area (Å²) in [6, 6.07) is 9.19. The van der Waals surface area contributed by atoms with Gasteiger partial charge in [0.2, 0.25) is 5.91 Å². The summed E-state index contributed by atoms with van der Waals surface area (Å²) < 4.78 is 5.18. The van der Waals surface area contributed by atoms with E-state index in [2.05, 4.69) is 22.8 Å². The van der Waals surface area contributed by atoms with Crippen LogP contribution in [0.25, 0.3) is 0 Å². The van der Waals surface area contributed by atoms with E-state index in [0.29, 0.717) is 17.2 Å². The lowest BCUT2D eigenvalue weighted by molar-refractivity contribution is -0.116. The SMILES string of the molecule is CCCC(=O)Nc1ccc(Cl)c2c1C1C=CCC1C(c1ccc(OC)c(O)c1)N2. The van der Waals surface area contributed by atoms with Gasteiger partial charge in [-0.2, -0.15) is 0 Å². The Labute approximate surface area is 175 Å². The lowest BCUT2D eigenvalue weighted by Gasteiger charge is -2.39. The molecule has 29 heavy (non-hydrogen) atoms. The second-order valence-electron chi connectivity index (χ2n) is 7.59. The Morgan fingerprint density at radius 3 is 2.90 bits per heavy atom. The molecule has 1 amide bonds. The van der Waals surface area contributed by atoms with Gasteiger partial charge >= 0.3 is 0 Å². The van der Waals surface area contributed by atoms with Gasteiger partial charge in [-0.05, 0) is 48.6 Å². The molecule has 3 atom stereocenters. The number of halogens is 1. The van der Waals surface area contributed by atoms with Gasteiger partial charge in [0.05, 0.1) is 23.9 Å². The summed E-state index contributed by atoms with van der Waals surface area (Å²) in [7, 11) is 1.54. The van der Waals surface area contributed by atoms with E-state index < -0.39 is 0 Å². The van der Waals surface area contributed by atoms with E-state index in [0.717, 1.165) is 35.3 Å². The number of hydrogen-bond acceptors (Lipinski definition) is 4. The second kappa shape index (κ2) is 7.99. The number of allylic oxidation sites excluding steroid dienone is 2. The Morgan fingerprint density at radius 1 is 1.34 bits per heavy atom. The van der Waals surface area contributed by atoms with E-state index in [-0.39, 0.29) is 29.5 Å². The molecule has 0 aromatic heterocycles. The van der Waals surface area contributed by atoms with Crippen LogP contribution in [0.15, 0.2) is 42.5 Å². The number of carbonyl (C=O) groups excluding carboxylic acids is 1. The number of anilines is 2. The van der Waals surface area contributed by atoms with Crippen molar-refractivity contribution in [2.75, 3.05) is 17.7 Å². The Morgan fingerprint density at radius 2 is 2.17 bits per heavy atom. The van der Waals surface area contributed by atoms with Crippen LogP contribution in [0, 0.1) is 5.92 Å². The predicted octanol–water partition coefficient (Wildman–Crippen LogP) is 5.62. The highest BCUT2D eigenvalue weighted by Crippen LogP contribution is 2.54. The van der Waals surface area contributed by atoms with E-state index in [4.69, 9.17) is 16.3 Å². The average molecular weight is 413 g/mol. The standard InChI is InChI=1S/C23H25ClN2O3/c1-3-5-20(28)25-17-10-9-16(24)23-21(17)14-6-4-7-15(14)22(26-23)13-8-11-19(29-2)18(27)12-13/h4,6,8-12,14-15,22,26-27H,3,5,7H2,1-2H3,(H,25,28). The minimum Gasteiger partial charge on any atom is -0.504 e. The molecule has 2 aromatic rings. The average Bonchev–Trinajstić information content (AvgIpc) is 3.19. The lowest BCUT2D eigenvalue weighted by Crippen LogP contribution is -2.30. The zero-order valence-electron chi connectivity index (χ0n) is 16.5. The topological polar surface area (TPSA) is 70.6 Å². The fourth-order valence-corrected chi connectivity index (χ4v) is 4.67. The van der Waals surface area contributed by atoms with E-state index in [1.54, 1.807) is 12.1 Å². The summed E-state index contributed by atoms with van der Waals surface area (Å²) in [6.45, 7) is 1.99. The lowest BCUT2D eigenvalue weighted by atomic mass is 9.76. The third kappa shape index (κ3) is 3.55. The summed E-state index contributed by atoms with van der Waals surface area (Å²) in [5, 5.41) is 17.5. The number of carbonyl (C=O) groups is 1. The van der Waals surface area contributed by atoms with E-state index >= 15 is 0 Å². The molecule has 4 rings (SSSR count). The first-order chi connectivity index (χ1) is 14.0. The van der Waals surface area contributed by atoms with Crippen LogP contribution in [0.5, 0.6) is 11.5 Å². The maximum atomic E-state index is 12.2. The summed E-state index contributed by atoms with van der Waals surface area (Å²) in [4.78, 5) is 12.2. The number of aromatic hydroxyl groups is 1. The van der Waals surface area contributed by atoms with Crippen LogP contribution in [0.4, 0.5) is 11.4 Å². The maximum absolute atomic E-state index is 12.2. The van der Waals surface area contributed by atoms with E-state index in [9.17, 15) is 9.90 Å². The number of rotatable bonds is 5. The van der Waals surface area contributed by atoms with Crippen molar-refractivity contribution < 1.29 is 14.6 Å². The number of phenolic OH excluding ortho intramolecular Hbond substituents is 1. The van der Waals surface area contributed by atoms with Gasteiger partial charge in [-0.3, -0.25) is 4.79 Å². The minimum absolute atomic E-state index is 0.0118. The number of phenols is 1. The summed E-state index contributed by atoms with van der Waals surface area (Å²) in [5.74, 6) is 0.973. The molecular weight excluding hydrogens is 388 g/mol. The first-order valence-electron chi connectivity index (χ1n) is 9.95. The van der Waals surface area contributed by atoms with Crippen molar-refractivity contribution in [2.24, 2.45) is 5.92 Å². The van der Waals surface area contributed by atoms with Crippen LogP contribution >= 0.6 is 11.6 Å². The molecule has 3 unspecified atom stereocenters. The molecule has 152 valence electrons. The van der Waals surface area contributed by atoms with Crippen molar-refractivity contribution in [3.05, 3.63) is 58.6 Å². The number of benzene rings is 2. The third-order valence-corrected chi connectivity index (χ3v) is 6.10. The van der Waals surface area contributed by atoms with Crippen molar-refractivity contribution in [3.63, 3.8) is 0 Å². The van der Waals surface area contributed by atoms with E-state index in [1.165, 1.54) is 7.11 Å². The summed E-state index contributed by atoms with van der Waals surface area (Å²) in [6.07, 6.45) is 6.58. The quantitative estimate of drug-likeness (QED) is 0.557. The maximum Gasteiger partial charge on any atom is 0.224 e. The number of hydrogen-bond donors (Lipinski definition) is 3. The molecule has 5 nitrogen and oxygen atoms in total. The van der Waals surface area contributed by atoms with Crippen molar-refractivity contribution in [1.29, 1.82) is 0 Å². The van der Waals surface area contributed by atoms with Gasteiger partial charge in [-0.1, -0.05) is 36.7 Å². The van der Waals surface area contributed by atoms with Gasteiger partial charge in [0, 0.05) is 23.6 Å². The molecule has 0 fully saturated rings. The van der Waals surface area contributed by atoms with Gasteiger partial charge in [0.25, 0.3) is 0 Å². The van der Waals surface area contributed by atoms with Gasteiger partial charge in [0.1, 0.15) is 0 Å². The summed E-state index contributed by atoms with van der Waals surface area (Å²) >= 11 is 6.57. The molecule has 0 saturated carbocycles. The largest absolute Gasteiger partial charge is 0.504 e. The molecule has 0 radical (unpaired) electrons. The molecule has 2 aliphatic rings. The monoisotopic (exact) mass is 412 g/mol. The van der Waals surface area contributed by atoms with Crippen LogP contribution in [0.2, 0.25) is 5.02 Å². The molecule has 0 saturated heterocycles. The van der Waals surface area contributed by atoms with Crippen LogP contribution in [-0.2, 0) is 4.79 Å². The smallest absolute Gasteiger partial charge is 0.224 e. The van der Waals surface area contributed by atoms with Crippen molar-refractivity contribution >= 4 is 28.9 Å². The van der Waals surface area contributed by atoms with Gasteiger partial charge < -0.3 is 20.5 Å². The first-order valence-corrected chi connectivity index (χ1v) is 10.3. The van der Waals surface area contributed by atoms with Crippen molar-refractivity contribution in [2.45, 2.75) is 38.1 Å². The van der Waals surface area contributed by atoms with Gasteiger partial charge in [-0.15, -0.1) is 0 Å². The molecule has 2 aromatic carbocycles. The van der Waals surface area contributed by atoms with Crippen LogP contribution in [-0.4, -0.2) is 18.1 Å². The normalized spacial score (nSPS) is 21.8. The molecule has 1 aliphatic carbocycles. The molecule has 1 aliphatic heterocycles. The molecule has 3 N–H and O–H groups in total. The molecule has 0 bridgehead atoms. The number of fused-ring (bicyclic) bond motifs is 3. The van der Waals surface area contributed by atoms with Crippen molar-refractivity contribution in [3.8, 4) is 11.5 Å². The molecule has 0 spiro atoms. The fraction of sp³-hybridized carbons (Fsp3) is 0.348. The molecule has 6 heteroatoms. The number of methoxy groups -OCH3 is 1. The Balaban J connectivity index is 1.75. The number of nitrogens with one attached hydrogen (secondary N) is 2. The number of amides is 1. The molecule has 1 heterocycles. The van der Waals surface area contributed by atoms with Crippen LogP contribution in [0.3, 0.4) is 0 Å². The predicted molar refractivity (Wildman–Crippen MR) is 116 cm³/mol. The second-order valence-corrected chi connectivity index (χ2v) is 8.00.